The van der Waals surface area contributed by atoms with Gasteiger partial charge in [0.15, 0.2) is 0 Å². The van der Waals surface area contributed by atoms with Crippen molar-refractivity contribution in [2.24, 2.45) is 56.7 Å². The van der Waals surface area contributed by atoms with Gasteiger partial charge in [0, 0.05) is 0 Å². The van der Waals surface area contributed by atoms with Crippen LogP contribution in [0.2, 0.25) is 0 Å². The minimum atomic E-state index is -3.62. The number of hydrogen-bond acceptors (Lipinski definition) is 8. The predicted molar refractivity (Wildman–Crippen MR) is 192 cm³/mol. The second kappa shape index (κ2) is 14.1. The van der Waals surface area contributed by atoms with E-state index in [0.717, 1.165) is 44.9 Å². The maximum atomic E-state index is 13.5. The van der Waals surface area contributed by atoms with E-state index >= 15 is 0 Å². The molecule has 8 nitrogen and oxygen atoms in total. The van der Waals surface area contributed by atoms with Crippen molar-refractivity contribution in [1.29, 1.82) is 0 Å². The van der Waals surface area contributed by atoms with E-state index in [1.807, 2.05) is 27.7 Å². The van der Waals surface area contributed by atoms with Crippen LogP contribution in [-0.4, -0.2) is 39.1 Å². The van der Waals surface area contributed by atoms with Gasteiger partial charge in [-0.1, -0.05) is 46.8 Å². The van der Waals surface area contributed by atoms with Gasteiger partial charge in [0.25, 0.3) is 0 Å². The number of rotatable bonds is 14. The molecule has 0 unspecified atom stereocenters. The molecule has 0 aromatic heterocycles. The van der Waals surface area contributed by atoms with Crippen LogP contribution in [0.1, 0.15) is 133 Å². The number of phosphoric acid groups is 2. The first-order chi connectivity index (χ1) is 22.4. The summed E-state index contributed by atoms with van der Waals surface area (Å²) in [5, 5.41) is 0. The van der Waals surface area contributed by atoms with Crippen molar-refractivity contribution in [3.63, 3.8) is 0 Å². The van der Waals surface area contributed by atoms with Crippen molar-refractivity contribution in [2.45, 2.75) is 140 Å². The summed E-state index contributed by atoms with van der Waals surface area (Å²) in [7, 11) is -7.22. The summed E-state index contributed by atoms with van der Waals surface area (Å²) in [6.07, 6.45) is 10.9. The molecule has 0 aromatic carbocycles. The lowest BCUT2D eigenvalue weighted by Gasteiger charge is -2.73. The Labute approximate surface area is 292 Å². The molecule has 0 amide bonds. The van der Waals surface area contributed by atoms with Crippen LogP contribution in [0.15, 0.2) is 12.2 Å². The highest BCUT2D eigenvalue weighted by Crippen LogP contribution is 2.78. The monoisotopic (exact) mass is 714 g/mol. The van der Waals surface area contributed by atoms with Gasteiger partial charge in [-0.05, 0) is 155 Å². The number of phosphoric ester groups is 2. The summed E-state index contributed by atoms with van der Waals surface area (Å²) in [5.74, 6) is 2.49. The van der Waals surface area contributed by atoms with Gasteiger partial charge in [-0.15, -0.1) is 0 Å². The molecule has 5 aliphatic rings. The summed E-state index contributed by atoms with van der Waals surface area (Å²) >= 11 is 0. The normalized spacial score (nSPS) is 42.4. The Balaban J connectivity index is 1.43. The highest BCUT2D eigenvalue weighted by atomic mass is 31.2. The molecule has 5 saturated carbocycles. The van der Waals surface area contributed by atoms with Crippen LogP contribution >= 0.6 is 15.6 Å². The molecule has 0 aromatic rings. The lowest BCUT2D eigenvalue weighted by Crippen LogP contribution is -2.67. The highest BCUT2D eigenvalue weighted by molar-refractivity contribution is 7.48. The first-order valence-corrected chi connectivity index (χ1v) is 22.1. The van der Waals surface area contributed by atoms with Gasteiger partial charge in [-0.25, -0.2) is 9.13 Å². The average Bonchev–Trinajstić information content (AvgIpc) is 3.39. The molecule has 0 spiro atoms. The molecular formula is C38H68O8P2. The lowest BCUT2D eigenvalue weighted by molar-refractivity contribution is -0.248. The van der Waals surface area contributed by atoms with E-state index in [-0.39, 0.29) is 33.2 Å². The molecular weight excluding hydrogens is 646 g/mol. The largest absolute Gasteiger partial charge is 0.475 e. The Morgan fingerprint density at radius 2 is 1.27 bits per heavy atom. The topological polar surface area (TPSA) is 89.5 Å². The van der Waals surface area contributed by atoms with Gasteiger partial charge in [-0.3, -0.25) is 27.1 Å². The van der Waals surface area contributed by atoms with Crippen LogP contribution in [0, 0.1) is 56.7 Å². The van der Waals surface area contributed by atoms with Crippen LogP contribution in [0.3, 0.4) is 0 Å². The molecule has 0 saturated heterocycles. The van der Waals surface area contributed by atoms with Crippen molar-refractivity contribution < 1.29 is 36.3 Å². The van der Waals surface area contributed by atoms with Gasteiger partial charge < -0.3 is 0 Å². The fraction of sp³-hybridized carbons (Fsp3) is 0.947. The van der Waals surface area contributed by atoms with Crippen molar-refractivity contribution >= 4 is 15.6 Å². The maximum Gasteiger partial charge on any atom is 0.475 e. The van der Waals surface area contributed by atoms with Crippen molar-refractivity contribution in [3.8, 4) is 0 Å². The van der Waals surface area contributed by atoms with Crippen LogP contribution < -0.4 is 0 Å². The molecule has 10 heteroatoms. The number of fused-ring (bicyclic) bond motifs is 7. The number of hydrogen-bond donors (Lipinski definition) is 0. The second-order valence-electron chi connectivity index (χ2n) is 17.3. The van der Waals surface area contributed by atoms with Gasteiger partial charge in [0.1, 0.15) is 0 Å². The lowest BCUT2D eigenvalue weighted by atomic mass is 9.32. The zero-order valence-corrected chi connectivity index (χ0v) is 33.7. The summed E-state index contributed by atoms with van der Waals surface area (Å²) in [5.41, 5.74) is 1.60. The quantitative estimate of drug-likeness (QED) is 0.130. The van der Waals surface area contributed by atoms with Crippen LogP contribution in [0.4, 0.5) is 0 Å². The van der Waals surface area contributed by atoms with Crippen LogP contribution in [-0.2, 0) is 36.3 Å². The minimum Gasteiger partial charge on any atom is -0.287 e. The smallest absolute Gasteiger partial charge is 0.287 e. The van der Waals surface area contributed by atoms with Gasteiger partial charge in [-0.2, -0.15) is 0 Å². The summed E-state index contributed by atoms with van der Waals surface area (Å²) in [4.78, 5) is 0. The van der Waals surface area contributed by atoms with E-state index in [2.05, 4.69) is 48.1 Å². The highest BCUT2D eigenvalue weighted by Gasteiger charge is 2.71. The molecule has 48 heavy (non-hydrogen) atoms. The molecule has 0 heterocycles. The Kier molecular flexibility index (Phi) is 11.5. The first kappa shape index (κ1) is 39.2. The maximum absolute atomic E-state index is 13.5. The Morgan fingerprint density at radius 3 is 1.85 bits per heavy atom. The standard InChI is InChI=1S/C38H68O8P2/c1-12-41-47(39,42-13-2)45-26-38-23-18-28(27(5)6)33(38)29-16-17-31-35(9)21-20-32(46-48(40,43-14-3)44-15-4)34(7,8)30(35)19-22-37(31,11)36(29,10)24-25-38/h28-33H,5,12-26H2,1-4,6-11H3/t28-,29+,30-,31+,32-,33+,35-,36+,37+,38+/m0/s1. The molecule has 5 rings (SSSR count). The second-order valence-corrected chi connectivity index (χ2v) is 20.6. The Bertz CT molecular complexity index is 1250. The van der Waals surface area contributed by atoms with E-state index in [1.54, 1.807) is 0 Å². The minimum absolute atomic E-state index is 0.0472. The Morgan fingerprint density at radius 1 is 0.667 bits per heavy atom. The van der Waals surface area contributed by atoms with E-state index in [1.165, 1.54) is 24.8 Å². The summed E-state index contributed by atoms with van der Waals surface area (Å²) < 4.78 is 62.0. The van der Waals surface area contributed by atoms with Crippen LogP contribution in [0.25, 0.3) is 0 Å². The third-order valence-electron chi connectivity index (χ3n) is 15.1. The molecule has 0 N–H and O–H groups in total. The van der Waals surface area contributed by atoms with E-state index in [9.17, 15) is 9.13 Å². The van der Waals surface area contributed by atoms with Gasteiger partial charge in [0.2, 0.25) is 0 Å². The van der Waals surface area contributed by atoms with E-state index in [0.29, 0.717) is 62.6 Å². The molecule has 0 aliphatic heterocycles. The zero-order chi connectivity index (χ0) is 35.4. The zero-order valence-electron chi connectivity index (χ0n) is 31.9. The molecule has 5 fully saturated rings. The summed E-state index contributed by atoms with van der Waals surface area (Å²) in [6, 6.07) is 0. The fourth-order valence-electron chi connectivity index (χ4n) is 12.9. The SMILES string of the molecule is C=C(C)[C@@H]1CC[C@]2(COP(=O)(OCC)OCC)CC[C@]3(C)[C@H](CC[C@@H]4[C@@]5(C)CC[C@H](OP(=O)(OCC)OCC)C(C)(C)[C@@H]5CC[C@]43C)[C@@H]12. The number of allylic oxidation sites excluding steroid dienone is 1. The third kappa shape index (κ3) is 6.35. The van der Waals surface area contributed by atoms with E-state index < -0.39 is 15.6 Å². The first-order valence-electron chi connectivity index (χ1n) is 19.2. The van der Waals surface area contributed by atoms with Crippen LogP contribution in [0.5, 0.6) is 0 Å². The molecule has 278 valence electrons. The van der Waals surface area contributed by atoms with Crippen molar-refractivity contribution in [2.75, 3.05) is 33.0 Å². The molecule has 0 radical (unpaired) electrons. The van der Waals surface area contributed by atoms with Crippen molar-refractivity contribution in [3.05, 3.63) is 12.2 Å². The van der Waals surface area contributed by atoms with Gasteiger partial charge in [0.05, 0.1) is 39.1 Å². The van der Waals surface area contributed by atoms with E-state index in [4.69, 9.17) is 27.1 Å². The van der Waals surface area contributed by atoms with Crippen molar-refractivity contribution in [1.82, 2.24) is 0 Å². The molecule has 5 aliphatic carbocycles. The predicted octanol–water partition coefficient (Wildman–Crippen LogP) is 11.4. The summed E-state index contributed by atoms with van der Waals surface area (Å²) in [6.45, 7) is 28.2. The molecule has 10 atom stereocenters. The third-order valence-corrected chi connectivity index (χ3v) is 18.3. The molecule has 0 bridgehead atoms. The average molecular weight is 715 g/mol. The Hall–Kier alpha value is -0.0400. The fourth-order valence-corrected chi connectivity index (χ4v) is 15.7. The van der Waals surface area contributed by atoms with Gasteiger partial charge >= 0.3 is 15.6 Å².